The van der Waals surface area contributed by atoms with Crippen molar-refractivity contribution in [3.63, 3.8) is 0 Å². The van der Waals surface area contributed by atoms with Crippen molar-refractivity contribution in [2.75, 3.05) is 13.7 Å². The monoisotopic (exact) mass is 719 g/mol. The van der Waals surface area contributed by atoms with Gasteiger partial charge >= 0.3 is 19.1 Å². The Kier molecular flexibility index (Phi) is 9.54. The molecule has 1 aromatic heterocycles. The summed E-state index contributed by atoms with van der Waals surface area (Å²) in [6.07, 6.45) is 4.86. The molecule has 282 valence electrons. The first kappa shape index (κ1) is 36.9. The lowest BCUT2D eigenvalue weighted by Crippen LogP contribution is -2.48. The molecule has 0 spiro atoms. The molecule has 7 atom stereocenters. The molecule has 12 nitrogen and oxygen atoms in total. The van der Waals surface area contributed by atoms with Crippen molar-refractivity contribution in [2.45, 2.75) is 136 Å². The minimum absolute atomic E-state index is 0.0656. The summed E-state index contributed by atoms with van der Waals surface area (Å²) in [4.78, 5) is 61.6. The molecule has 4 heterocycles. The molecule has 2 saturated carbocycles. The van der Waals surface area contributed by atoms with E-state index in [2.05, 4.69) is 0 Å². The Labute approximate surface area is 306 Å². The van der Waals surface area contributed by atoms with Crippen LogP contribution in [0.1, 0.15) is 99.8 Å². The minimum atomic E-state index is -0.924. The molecule has 7 rings (SSSR count). The Bertz CT molecular complexity index is 1790. The Morgan fingerprint density at radius 3 is 2.38 bits per heavy atom. The second kappa shape index (κ2) is 13.4. The summed E-state index contributed by atoms with van der Waals surface area (Å²) in [7, 11) is 0.658. The number of hydrogen-bond acceptors (Lipinski definition) is 10. The summed E-state index contributed by atoms with van der Waals surface area (Å²) in [6.45, 7) is 14.2. The summed E-state index contributed by atoms with van der Waals surface area (Å²) >= 11 is 0. The van der Waals surface area contributed by atoms with Crippen LogP contribution in [0.4, 0.5) is 0 Å². The molecule has 2 bridgehead atoms. The molecule has 4 fully saturated rings. The first-order chi connectivity index (χ1) is 24.5. The Morgan fingerprint density at radius 1 is 0.962 bits per heavy atom. The number of nitrogens with zero attached hydrogens (tertiary/aromatic N) is 3. The van der Waals surface area contributed by atoms with E-state index in [1.807, 2.05) is 60.6 Å². The number of amides is 1. The van der Waals surface area contributed by atoms with E-state index < -0.39 is 47.8 Å². The van der Waals surface area contributed by atoms with Gasteiger partial charge < -0.3 is 28.4 Å². The number of carbonyl (C=O) groups excluding carboxylic acids is 3. The second-order valence-electron chi connectivity index (χ2n) is 17.8. The highest BCUT2D eigenvalue weighted by atomic mass is 16.7. The molecule has 0 radical (unpaired) electrons. The van der Waals surface area contributed by atoms with Crippen LogP contribution in [0.15, 0.2) is 23.0 Å². The van der Waals surface area contributed by atoms with E-state index in [1.165, 1.54) is 18.4 Å². The van der Waals surface area contributed by atoms with E-state index in [4.69, 9.17) is 28.5 Å². The van der Waals surface area contributed by atoms with Crippen LogP contribution in [0.3, 0.4) is 0 Å². The van der Waals surface area contributed by atoms with Crippen LogP contribution in [0, 0.1) is 29.1 Å². The third kappa shape index (κ3) is 6.87. The van der Waals surface area contributed by atoms with Gasteiger partial charge in [0.05, 0.1) is 48.1 Å². The van der Waals surface area contributed by atoms with Gasteiger partial charge in [0, 0.05) is 13.0 Å². The Morgan fingerprint density at radius 2 is 1.69 bits per heavy atom. The van der Waals surface area contributed by atoms with Crippen LogP contribution < -0.4 is 15.8 Å². The number of fused-ring (bicyclic) bond motifs is 7. The van der Waals surface area contributed by atoms with Gasteiger partial charge in [0.15, 0.2) is 0 Å². The van der Waals surface area contributed by atoms with E-state index in [9.17, 15) is 19.2 Å². The second-order valence-corrected chi connectivity index (χ2v) is 17.8. The quantitative estimate of drug-likeness (QED) is 0.325. The van der Waals surface area contributed by atoms with Crippen LogP contribution in [0.5, 0.6) is 6.01 Å². The zero-order valence-electron chi connectivity index (χ0n) is 31.9. The molecular weight excluding hydrogens is 665 g/mol. The van der Waals surface area contributed by atoms with Crippen LogP contribution in [-0.4, -0.2) is 82.5 Å². The van der Waals surface area contributed by atoms with Gasteiger partial charge in [-0.05, 0) is 94.1 Å². The normalized spacial score (nSPS) is 31.9. The first-order valence-electron chi connectivity index (χ1n) is 19.1. The molecule has 1 amide bonds. The molecule has 13 heteroatoms. The van der Waals surface area contributed by atoms with Crippen molar-refractivity contribution < 1.29 is 37.9 Å². The third-order valence-electron chi connectivity index (χ3n) is 12.7. The van der Waals surface area contributed by atoms with Gasteiger partial charge in [-0.1, -0.05) is 39.7 Å². The van der Waals surface area contributed by atoms with Gasteiger partial charge in [0.25, 0.3) is 11.6 Å². The Hall–Kier alpha value is -3.45. The molecule has 5 aliphatic rings. The number of methoxy groups -OCH3 is 1. The predicted molar refractivity (Wildman–Crippen MR) is 194 cm³/mol. The first-order valence-corrected chi connectivity index (χ1v) is 19.1. The number of aromatic nitrogens is 2. The van der Waals surface area contributed by atoms with Crippen molar-refractivity contribution in [3.8, 4) is 6.01 Å². The molecule has 1 aromatic carbocycles. The predicted octanol–water partition coefficient (Wildman–Crippen LogP) is 4.41. The van der Waals surface area contributed by atoms with Crippen LogP contribution in [0.2, 0.25) is 0 Å². The lowest BCUT2D eigenvalue weighted by molar-refractivity contribution is -0.160. The summed E-state index contributed by atoms with van der Waals surface area (Å²) in [5.74, 6) is -0.493. The van der Waals surface area contributed by atoms with E-state index in [0.29, 0.717) is 35.2 Å². The molecule has 52 heavy (non-hydrogen) atoms. The van der Waals surface area contributed by atoms with Crippen LogP contribution in [-0.2, 0) is 39.7 Å². The zero-order chi connectivity index (χ0) is 37.3. The standard InChI is InChI=1S/C39H54BN3O9/c1-37(2,3)28-20-32(44)50-31-17-22-16-27(22)25(31)12-10-9-11-15-42-33(45)26-14-13-23(40-51-38(4,5)39(6,7)52-40)18-29(26)41-36(42)49-24-19-30(35(47)48-8)43(21-24)34(28)46/h13-14,18,22,24-25,27-28,30-31H,9-12,15-17,19-21H2,1-8H3/t22-,24+,25+,27-,28+,30-,31+/m0/s1. The number of rotatable bonds is 2. The number of ether oxygens (including phenoxy) is 3. The van der Waals surface area contributed by atoms with E-state index in [0.717, 1.165) is 37.6 Å². The smallest absolute Gasteiger partial charge is 0.467 e. The minimum Gasteiger partial charge on any atom is -0.467 e. The fourth-order valence-corrected chi connectivity index (χ4v) is 8.79. The lowest BCUT2D eigenvalue weighted by Gasteiger charge is -2.34. The molecule has 2 aliphatic carbocycles. The molecule has 0 unspecified atom stereocenters. The highest BCUT2D eigenvalue weighted by molar-refractivity contribution is 6.62. The number of carbonyl (C=O) groups is 3. The van der Waals surface area contributed by atoms with Gasteiger partial charge in [-0.25, -0.2) is 4.79 Å². The van der Waals surface area contributed by atoms with Crippen molar-refractivity contribution in [1.82, 2.24) is 14.5 Å². The van der Waals surface area contributed by atoms with Gasteiger partial charge in [0.2, 0.25) is 5.91 Å². The van der Waals surface area contributed by atoms with E-state index >= 15 is 0 Å². The lowest BCUT2D eigenvalue weighted by atomic mass is 9.77. The average molecular weight is 720 g/mol. The van der Waals surface area contributed by atoms with Crippen molar-refractivity contribution in [1.29, 1.82) is 0 Å². The van der Waals surface area contributed by atoms with Crippen LogP contribution in [0.25, 0.3) is 10.9 Å². The largest absolute Gasteiger partial charge is 0.494 e. The summed E-state index contributed by atoms with van der Waals surface area (Å²) in [5.41, 5.74) is -0.710. The molecule has 2 saturated heterocycles. The zero-order valence-corrected chi connectivity index (χ0v) is 31.9. The highest BCUT2D eigenvalue weighted by Crippen LogP contribution is 2.58. The molecule has 2 aromatic rings. The summed E-state index contributed by atoms with van der Waals surface area (Å²) in [6, 6.07) is 4.65. The summed E-state index contributed by atoms with van der Waals surface area (Å²) < 4.78 is 32.0. The topological polar surface area (TPSA) is 135 Å². The van der Waals surface area contributed by atoms with Crippen molar-refractivity contribution in [3.05, 3.63) is 28.6 Å². The molecule has 3 aliphatic heterocycles. The maximum atomic E-state index is 14.4. The van der Waals surface area contributed by atoms with E-state index in [1.54, 1.807) is 10.6 Å². The number of esters is 2. The maximum Gasteiger partial charge on any atom is 0.494 e. The fraction of sp³-hybridized carbons (Fsp3) is 0.718. The van der Waals surface area contributed by atoms with Crippen molar-refractivity contribution >= 4 is 41.3 Å². The average Bonchev–Trinajstić information content (AvgIpc) is 3.45. The van der Waals surface area contributed by atoms with Gasteiger partial charge in [-0.3, -0.25) is 19.0 Å². The van der Waals surface area contributed by atoms with Gasteiger partial charge in [0.1, 0.15) is 18.2 Å². The van der Waals surface area contributed by atoms with Gasteiger partial charge in [-0.15, -0.1) is 0 Å². The molecule has 0 N–H and O–H groups in total. The number of benzene rings is 1. The fourth-order valence-electron chi connectivity index (χ4n) is 8.79. The van der Waals surface area contributed by atoms with E-state index in [-0.39, 0.29) is 48.9 Å². The number of hydrogen-bond donors (Lipinski definition) is 0. The van der Waals surface area contributed by atoms with Crippen LogP contribution >= 0.6 is 0 Å². The molecular formula is C39H54BN3O9. The maximum absolute atomic E-state index is 14.4. The third-order valence-corrected chi connectivity index (χ3v) is 12.7. The Balaban J connectivity index is 1.24. The summed E-state index contributed by atoms with van der Waals surface area (Å²) in [5, 5.41) is 0.453. The van der Waals surface area contributed by atoms with Gasteiger partial charge in [-0.2, -0.15) is 4.98 Å². The van der Waals surface area contributed by atoms with Crippen molar-refractivity contribution in [2.24, 2.45) is 29.1 Å². The SMILES string of the molecule is COC(=O)[C@@H]1C[C@@H]2CN1C(=O)[C@H](C(C)(C)C)CC(=O)O[C@@H]1C[C@@H]3C[C@@H]3[C@H]1CCCCCn1c(nc3cc(B4OC(C)(C)C(C)(C)O4)ccc3c1=O)O2. The highest BCUT2D eigenvalue weighted by Gasteiger charge is 2.55.